The Balaban J connectivity index is 1.40. The lowest BCUT2D eigenvalue weighted by molar-refractivity contribution is 1.18. The zero-order valence-electron chi connectivity index (χ0n) is 31.4. The van der Waals surface area contributed by atoms with E-state index in [1.54, 1.807) is 0 Å². The second-order valence-corrected chi connectivity index (χ2v) is 16.0. The van der Waals surface area contributed by atoms with E-state index in [0.717, 1.165) is 12.1 Å². The van der Waals surface area contributed by atoms with Crippen LogP contribution in [0.4, 0.5) is 0 Å². The number of aromatic nitrogens is 3. The van der Waals surface area contributed by atoms with Gasteiger partial charge in [0.1, 0.15) is 0 Å². The van der Waals surface area contributed by atoms with Gasteiger partial charge in [-0.3, -0.25) is 0 Å². The van der Waals surface area contributed by atoms with Crippen LogP contribution in [0.15, 0.2) is 188 Å². The number of benzene rings is 9. The summed E-state index contributed by atoms with van der Waals surface area (Å²) < 4.78 is 7.66. The molecule has 58 heavy (non-hydrogen) atoms. The van der Waals surface area contributed by atoms with Gasteiger partial charge in [0, 0.05) is 59.5 Å². The first-order valence-electron chi connectivity index (χ1n) is 20.2. The molecule has 0 saturated heterocycles. The van der Waals surface area contributed by atoms with Crippen molar-refractivity contribution < 1.29 is 0 Å². The Kier molecular flexibility index (Phi) is 5.81. The molecule has 14 rings (SSSR count). The molecule has 0 fully saturated rings. The molecule has 13 aromatic rings. The Morgan fingerprint density at radius 3 is 1.52 bits per heavy atom. The van der Waals surface area contributed by atoms with Gasteiger partial charge in [0.05, 0.1) is 44.1 Å². The Bertz CT molecular complexity index is 3980. The molecule has 0 radical (unpaired) electrons. The predicted molar refractivity (Wildman–Crippen MR) is 245 cm³/mol. The molecule has 4 aromatic heterocycles. The van der Waals surface area contributed by atoms with Crippen molar-refractivity contribution >= 4 is 98.0 Å². The van der Waals surface area contributed by atoms with Crippen molar-refractivity contribution in [3.8, 4) is 16.8 Å². The third-order valence-corrected chi connectivity index (χ3v) is 13.2. The summed E-state index contributed by atoms with van der Waals surface area (Å²) in [5.74, 6) is 0. The third-order valence-electron chi connectivity index (χ3n) is 13.2. The summed E-state index contributed by atoms with van der Waals surface area (Å²) >= 11 is 0. The summed E-state index contributed by atoms with van der Waals surface area (Å²) in [5, 5.41) is 12.5. The highest BCUT2D eigenvalue weighted by Gasteiger charge is 2.26. The minimum Gasteiger partial charge on any atom is -0.309 e. The molecule has 4 heterocycles. The maximum Gasteiger partial charge on any atom is 0.0620 e. The molecule has 0 bridgehead atoms. The first kappa shape index (κ1) is 30.6. The van der Waals surface area contributed by atoms with E-state index in [0.29, 0.717) is 0 Å². The second kappa shape index (κ2) is 11.0. The van der Waals surface area contributed by atoms with E-state index in [-0.39, 0.29) is 0 Å². The number of fused-ring (bicyclic) bond motifs is 20. The van der Waals surface area contributed by atoms with Crippen LogP contribution in [0.5, 0.6) is 0 Å². The van der Waals surface area contributed by atoms with Crippen LogP contribution >= 0.6 is 0 Å². The van der Waals surface area contributed by atoms with Gasteiger partial charge in [-0.1, -0.05) is 140 Å². The van der Waals surface area contributed by atoms with Crippen LogP contribution in [0.3, 0.4) is 0 Å². The normalized spacial score (nSPS) is 12.8. The highest BCUT2D eigenvalue weighted by atomic mass is 15.0. The molecule has 0 unspecified atom stereocenters. The van der Waals surface area contributed by atoms with E-state index in [1.165, 1.54) is 120 Å². The number of para-hydroxylation sites is 6. The molecule has 9 aromatic carbocycles. The quantitative estimate of drug-likeness (QED) is 0.159. The van der Waals surface area contributed by atoms with Gasteiger partial charge in [-0.05, 0) is 77.2 Å². The molecule has 268 valence electrons. The average Bonchev–Trinajstić information content (AvgIpc) is 4.02. The van der Waals surface area contributed by atoms with Crippen LogP contribution in [0.2, 0.25) is 0 Å². The third kappa shape index (κ3) is 3.74. The zero-order chi connectivity index (χ0) is 37.6. The fraction of sp³-hybridized carbons (Fsp3) is 0.0182. The smallest absolute Gasteiger partial charge is 0.0620 e. The standard InChI is InChI=1S/C55H33N3/c1-2-15-35(16-3-1)56-46-27-11-8-20-41(46)51-47(56)30-31-49-53(51)43-24-13-22-40-38-19-6-9-25-44(38)57(55(40)43)48-29-28-34-32-33-14-4-5-17-36(33)50(34)52(48)42-23-12-21-39-37-18-7-10-26-45(37)58(49)54(39)42/h1-31H,32H2. The van der Waals surface area contributed by atoms with Crippen molar-refractivity contribution in [2.24, 2.45) is 0 Å². The summed E-state index contributed by atoms with van der Waals surface area (Å²) in [4.78, 5) is 0. The van der Waals surface area contributed by atoms with E-state index in [9.17, 15) is 0 Å². The molecule has 0 amide bonds. The van der Waals surface area contributed by atoms with Crippen molar-refractivity contribution in [2.75, 3.05) is 0 Å². The molecule has 0 atom stereocenters. The van der Waals surface area contributed by atoms with Crippen molar-refractivity contribution in [3.63, 3.8) is 0 Å². The summed E-state index contributed by atoms with van der Waals surface area (Å²) in [6.45, 7) is 0. The van der Waals surface area contributed by atoms with Gasteiger partial charge in [0.2, 0.25) is 0 Å². The lowest BCUT2D eigenvalue weighted by Gasteiger charge is -2.14. The molecule has 0 aliphatic heterocycles. The topological polar surface area (TPSA) is 13.8 Å². The van der Waals surface area contributed by atoms with E-state index in [1.807, 2.05) is 0 Å². The van der Waals surface area contributed by atoms with Crippen LogP contribution in [0, 0.1) is 0 Å². The summed E-state index contributed by atoms with van der Waals surface area (Å²) in [5.41, 5.74) is 16.3. The van der Waals surface area contributed by atoms with E-state index in [4.69, 9.17) is 0 Å². The Labute approximate surface area is 332 Å². The number of hydrogen-bond acceptors (Lipinski definition) is 0. The van der Waals surface area contributed by atoms with Crippen molar-refractivity contribution in [1.29, 1.82) is 0 Å². The number of hydrogen-bond donors (Lipinski definition) is 0. The minimum absolute atomic E-state index is 0.933. The van der Waals surface area contributed by atoms with Crippen LogP contribution in [-0.4, -0.2) is 13.4 Å². The van der Waals surface area contributed by atoms with Gasteiger partial charge in [0.25, 0.3) is 0 Å². The molecular weight excluding hydrogens is 703 g/mol. The highest BCUT2D eigenvalue weighted by molar-refractivity contribution is 6.32. The van der Waals surface area contributed by atoms with Crippen LogP contribution in [0.25, 0.3) is 115 Å². The first-order chi connectivity index (χ1) is 28.8. The molecular formula is C55H33N3. The lowest BCUT2D eigenvalue weighted by Crippen LogP contribution is -1.95. The number of nitrogens with zero attached hydrogens (tertiary/aromatic N) is 3. The highest BCUT2D eigenvalue weighted by Crippen LogP contribution is 2.48. The second-order valence-electron chi connectivity index (χ2n) is 16.0. The Morgan fingerprint density at radius 2 is 0.793 bits per heavy atom. The van der Waals surface area contributed by atoms with Gasteiger partial charge in [0.15, 0.2) is 0 Å². The number of rotatable bonds is 1. The van der Waals surface area contributed by atoms with Gasteiger partial charge < -0.3 is 13.4 Å². The molecule has 1 aliphatic carbocycles. The van der Waals surface area contributed by atoms with Crippen LogP contribution in [0.1, 0.15) is 11.1 Å². The maximum absolute atomic E-state index is 2.60. The summed E-state index contributed by atoms with van der Waals surface area (Å²) in [6, 6.07) is 70.4. The maximum atomic E-state index is 2.60. The SMILES string of the molecule is c1ccc(-n2c3ccccc3c3c4c5cccc6c7ccccc7n(c7ccc8c(c7c7cccc9c%10ccccc%10n(c4ccc32)c97)-c2ccccc2C8)c65)cc1. The van der Waals surface area contributed by atoms with Gasteiger partial charge >= 0.3 is 0 Å². The van der Waals surface area contributed by atoms with Gasteiger partial charge in [-0.25, -0.2) is 0 Å². The Morgan fingerprint density at radius 1 is 0.293 bits per heavy atom. The fourth-order valence-corrected chi connectivity index (χ4v) is 11.0. The minimum atomic E-state index is 0.933. The zero-order valence-corrected chi connectivity index (χ0v) is 31.4. The fourth-order valence-electron chi connectivity index (χ4n) is 11.0. The van der Waals surface area contributed by atoms with Crippen LogP contribution in [-0.2, 0) is 6.42 Å². The molecule has 3 nitrogen and oxygen atoms in total. The van der Waals surface area contributed by atoms with Gasteiger partial charge in [-0.2, -0.15) is 0 Å². The van der Waals surface area contributed by atoms with Crippen molar-refractivity contribution in [2.45, 2.75) is 6.42 Å². The Hall–Kier alpha value is -7.62. The average molecular weight is 736 g/mol. The van der Waals surface area contributed by atoms with E-state index in [2.05, 4.69) is 201 Å². The molecule has 0 saturated carbocycles. The van der Waals surface area contributed by atoms with E-state index < -0.39 is 0 Å². The molecule has 0 spiro atoms. The predicted octanol–water partition coefficient (Wildman–Crippen LogP) is 14.3. The monoisotopic (exact) mass is 735 g/mol. The molecule has 1 aliphatic rings. The van der Waals surface area contributed by atoms with Gasteiger partial charge in [-0.15, -0.1) is 0 Å². The molecule has 0 N–H and O–H groups in total. The van der Waals surface area contributed by atoms with E-state index >= 15 is 0 Å². The summed E-state index contributed by atoms with van der Waals surface area (Å²) in [7, 11) is 0. The largest absolute Gasteiger partial charge is 0.309 e. The summed E-state index contributed by atoms with van der Waals surface area (Å²) in [6.07, 6.45) is 0.933. The first-order valence-corrected chi connectivity index (χ1v) is 20.2. The lowest BCUT2D eigenvalue weighted by atomic mass is 9.96. The van der Waals surface area contributed by atoms with Crippen molar-refractivity contribution in [1.82, 2.24) is 13.4 Å². The molecule has 3 heteroatoms. The van der Waals surface area contributed by atoms with Crippen molar-refractivity contribution in [3.05, 3.63) is 199 Å². The van der Waals surface area contributed by atoms with Crippen LogP contribution < -0.4 is 0 Å².